The van der Waals surface area contributed by atoms with Gasteiger partial charge in [-0.3, -0.25) is 0 Å². The van der Waals surface area contributed by atoms with Crippen molar-refractivity contribution >= 4 is 87.7 Å². The number of amidine groups is 1. The molecule has 272 valence electrons. The van der Waals surface area contributed by atoms with E-state index < -0.39 is 0 Å². The summed E-state index contributed by atoms with van der Waals surface area (Å²) in [6.07, 6.45) is 0. The Morgan fingerprint density at radius 1 is 0.466 bits per heavy atom. The zero-order chi connectivity index (χ0) is 38.3. The lowest BCUT2D eigenvalue weighted by Crippen LogP contribution is -2.29. The van der Waals surface area contributed by atoms with E-state index in [-0.39, 0.29) is 6.04 Å². The molecule has 2 aromatic heterocycles. The Morgan fingerprint density at radius 2 is 1.12 bits per heavy atom. The number of fused-ring (bicyclic) bond motifs is 10. The van der Waals surface area contributed by atoms with E-state index in [1.165, 1.54) is 26.9 Å². The van der Waals surface area contributed by atoms with Crippen LogP contribution in [-0.2, 0) is 0 Å². The van der Waals surface area contributed by atoms with Crippen LogP contribution < -0.4 is 5.32 Å². The fourth-order valence-electron chi connectivity index (χ4n) is 9.02. The van der Waals surface area contributed by atoms with Crippen LogP contribution in [0.5, 0.6) is 0 Å². The molecule has 1 atom stereocenters. The first-order chi connectivity index (χ1) is 28.6. The highest BCUT2D eigenvalue weighted by Gasteiger charge is 2.23. The van der Waals surface area contributed by atoms with Crippen LogP contribution in [0.2, 0.25) is 0 Å². The van der Waals surface area contributed by atoms with E-state index in [2.05, 4.69) is 182 Å². The number of aliphatic imine (C=N–C) groups is 1. The van der Waals surface area contributed by atoms with Crippen LogP contribution in [0.3, 0.4) is 0 Å². The van der Waals surface area contributed by atoms with E-state index in [0.717, 1.165) is 94.2 Å². The number of hydrogen-bond acceptors (Lipinski definition) is 4. The Morgan fingerprint density at radius 3 is 1.95 bits per heavy atom. The third-order valence-corrected chi connectivity index (χ3v) is 11.8. The molecule has 0 bridgehead atoms. The zero-order valence-electron chi connectivity index (χ0n) is 31.6. The average Bonchev–Trinajstić information content (AvgIpc) is 3.78. The molecule has 0 aliphatic carbocycles. The number of benzene rings is 9. The molecule has 0 saturated heterocycles. The Kier molecular flexibility index (Phi) is 7.13. The standard InChI is InChI=1S/C54H34N2O2/c1-32-27-46(55-54(35-12-3-2-4-13-35)56-53(32)39-24-23-34-22-21-33-11-7-8-16-40(33)43(34)30-39)42-18-10-20-49-52(42)44-29-38(25-26-47(44)57-49)41-17-9-19-48-51(41)45-28-36-14-5-6-15-37(36)31-50(45)58-48/h2-26,28-31,53H,1H3,(H,55,56). The highest BCUT2D eigenvalue weighted by Crippen LogP contribution is 2.42. The van der Waals surface area contributed by atoms with Crippen molar-refractivity contribution in [3.05, 3.63) is 204 Å². The summed E-state index contributed by atoms with van der Waals surface area (Å²) in [4.78, 5) is 5.40. The van der Waals surface area contributed by atoms with Gasteiger partial charge in [0.25, 0.3) is 0 Å². The number of rotatable bonds is 4. The molecular weight excluding hydrogens is 709 g/mol. The molecule has 4 heteroatoms. The van der Waals surface area contributed by atoms with Crippen LogP contribution in [0, 0.1) is 0 Å². The summed E-state index contributed by atoms with van der Waals surface area (Å²) >= 11 is 0. The van der Waals surface area contributed by atoms with Crippen molar-refractivity contribution in [2.24, 2.45) is 4.99 Å². The van der Waals surface area contributed by atoms with Gasteiger partial charge in [0.05, 0.1) is 6.04 Å². The fraction of sp³-hybridized carbons (Fsp3) is 0.0370. The minimum Gasteiger partial charge on any atom is -0.456 e. The molecule has 9 aromatic carbocycles. The molecule has 12 rings (SSSR count). The molecule has 0 amide bonds. The second-order valence-electron chi connectivity index (χ2n) is 15.3. The first-order valence-electron chi connectivity index (χ1n) is 19.7. The predicted molar refractivity (Wildman–Crippen MR) is 240 cm³/mol. The van der Waals surface area contributed by atoms with Gasteiger partial charge in [-0.25, -0.2) is 4.99 Å². The maximum Gasteiger partial charge on any atom is 0.136 e. The lowest BCUT2D eigenvalue weighted by atomic mass is 9.94. The molecule has 11 aromatic rings. The van der Waals surface area contributed by atoms with Crippen LogP contribution in [-0.4, -0.2) is 5.84 Å². The molecule has 0 saturated carbocycles. The smallest absolute Gasteiger partial charge is 0.136 e. The Bertz CT molecular complexity index is 3600. The largest absolute Gasteiger partial charge is 0.456 e. The molecule has 58 heavy (non-hydrogen) atoms. The number of nitrogens with one attached hydrogen (secondary N) is 1. The third-order valence-electron chi connectivity index (χ3n) is 11.8. The Labute approximate surface area is 333 Å². The number of furan rings is 2. The summed E-state index contributed by atoms with van der Waals surface area (Å²) in [7, 11) is 0. The van der Waals surface area contributed by atoms with E-state index in [1.54, 1.807) is 0 Å². The SMILES string of the molecule is CC1=C=C(c2cccc3oc4ccc(-c5cccc6oc7cc8ccccc8cc7c56)cc4c23)N=C(c2ccccc2)NC1c1ccc2ccc3ccccc3c2c1. The Hall–Kier alpha value is -7.65. The van der Waals surface area contributed by atoms with Gasteiger partial charge in [0.2, 0.25) is 0 Å². The monoisotopic (exact) mass is 742 g/mol. The van der Waals surface area contributed by atoms with E-state index in [1.807, 2.05) is 12.1 Å². The van der Waals surface area contributed by atoms with E-state index in [9.17, 15) is 0 Å². The van der Waals surface area contributed by atoms with Crippen molar-refractivity contribution in [1.29, 1.82) is 0 Å². The minimum atomic E-state index is -0.158. The van der Waals surface area contributed by atoms with Gasteiger partial charge < -0.3 is 14.2 Å². The van der Waals surface area contributed by atoms with Crippen LogP contribution in [0.1, 0.15) is 29.7 Å². The first-order valence-corrected chi connectivity index (χ1v) is 19.7. The summed E-state index contributed by atoms with van der Waals surface area (Å²) in [6.45, 7) is 2.15. The maximum atomic E-state index is 6.57. The Balaban J connectivity index is 1.06. The van der Waals surface area contributed by atoms with Crippen LogP contribution >= 0.6 is 0 Å². The van der Waals surface area contributed by atoms with E-state index in [4.69, 9.17) is 13.8 Å². The van der Waals surface area contributed by atoms with E-state index in [0.29, 0.717) is 0 Å². The van der Waals surface area contributed by atoms with Crippen molar-refractivity contribution in [2.45, 2.75) is 13.0 Å². The second kappa shape index (κ2) is 12.7. The normalized spacial score (nSPS) is 14.6. The van der Waals surface area contributed by atoms with Gasteiger partial charge in [-0.15, -0.1) is 0 Å². The summed E-state index contributed by atoms with van der Waals surface area (Å²) in [5, 5.41) is 15.4. The molecule has 4 nitrogen and oxygen atoms in total. The lowest BCUT2D eigenvalue weighted by molar-refractivity contribution is 0.669. The first kappa shape index (κ1) is 32.6. The van der Waals surface area contributed by atoms with Crippen molar-refractivity contribution in [2.75, 3.05) is 0 Å². The highest BCUT2D eigenvalue weighted by molar-refractivity contribution is 6.18. The zero-order valence-corrected chi connectivity index (χ0v) is 31.6. The van der Waals surface area contributed by atoms with Crippen molar-refractivity contribution in [3.63, 3.8) is 0 Å². The van der Waals surface area contributed by atoms with Gasteiger partial charge in [-0.2, -0.15) is 0 Å². The minimum absolute atomic E-state index is 0.158. The lowest BCUT2D eigenvalue weighted by Gasteiger charge is -2.21. The molecule has 0 spiro atoms. The molecule has 1 N–H and O–H groups in total. The van der Waals surface area contributed by atoms with Crippen LogP contribution in [0.4, 0.5) is 0 Å². The van der Waals surface area contributed by atoms with Crippen molar-refractivity contribution in [3.8, 4) is 11.1 Å². The van der Waals surface area contributed by atoms with Gasteiger partial charge in [0.1, 0.15) is 33.9 Å². The third kappa shape index (κ3) is 5.13. The van der Waals surface area contributed by atoms with Crippen molar-refractivity contribution < 1.29 is 8.83 Å². The summed E-state index contributed by atoms with van der Waals surface area (Å²) in [5.41, 5.74) is 14.3. The summed E-state index contributed by atoms with van der Waals surface area (Å²) in [6, 6.07) is 61.9. The second-order valence-corrected chi connectivity index (χ2v) is 15.3. The van der Waals surface area contributed by atoms with Gasteiger partial charge in [-0.1, -0.05) is 139 Å². The molecule has 1 aliphatic rings. The summed E-state index contributed by atoms with van der Waals surface area (Å²) < 4.78 is 13.0. The van der Waals surface area contributed by atoms with Crippen LogP contribution in [0.15, 0.2) is 201 Å². The molecule has 3 heterocycles. The maximum absolute atomic E-state index is 6.57. The quantitative estimate of drug-likeness (QED) is 0.144. The number of nitrogens with zero attached hydrogens (tertiary/aromatic N) is 1. The molecule has 1 aliphatic heterocycles. The van der Waals surface area contributed by atoms with E-state index >= 15 is 0 Å². The van der Waals surface area contributed by atoms with Gasteiger partial charge >= 0.3 is 0 Å². The molecular formula is C54H34N2O2. The number of hydrogen-bond donors (Lipinski definition) is 1. The fourth-order valence-corrected chi connectivity index (χ4v) is 9.02. The van der Waals surface area contributed by atoms with Crippen molar-refractivity contribution in [1.82, 2.24) is 5.32 Å². The van der Waals surface area contributed by atoms with Gasteiger partial charge in [0, 0.05) is 32.7 Å². The topological polar surface area (TPSA) is 50.7 Å². The molecule has 0 fully saturated rings. The molecule has 1 unspecified atom stereocenters. The van der Waals surface area contributed by atoms with Crippen LogP contribution in [0.25, 0.3) is 93.0 Å². The highest BCUT2D eigenvalue weighted by atomic mass is 16.3. The van der Waals surface area contributed by atoms with Gasteiger partial charge in [-0.05, 0) is 104 Å². The molecule has 0 radical (unpaired) electrons. The van der Waals surface area contributed by atoms with Gasteiger partial charge in [0.15, 0.2) is 0 Å². The summed E-state index contributed by atoms with van der Waals surface area (Å²) in [5.74, 6) is 0.791. The predicted octanol–water partition coefficient (Wildman–Crippen LogP) is 14.3. The average molecular weight is 743 g/mol.